The molecule has 0 saturated carbocycles. The predicted octanol–water partition coefficient (Wildman–Crippen LogP) is 5.12. The molecule has 0 atom stereocenters. The van der Waals surface area contributed by atoms with Crippen LogP contribution in [0.1, 0.15) is 30.3 Å². The molecule has 1 aliphatic rings. The molecular weight excluding hydrogens is 631 g/mol. The van der Waals surface area contributed by atoms with Crippen molar-refractivity contribution in [2.45, 2.75) is 26.3 Å². The standard InChI is InChI=1S/C26H26Cl2N4O6S3/c1-2-30-22-16-20(28)18(17-29)14-21(22)31(10-4-12-40(33,34)35)25(30)6-3-7-26-32(11-5-13-41(36,37)38)23-15-19(27)8-9-24(23)39-26/h3,6-9,14-16H,2,4-5,10-13H2,1H3,(H-,33,34,35,36,37,38)/p+1. The lowest BCUT2D eigenvalue weighted by Gasteiger charge is -2.24. The van der Waals surface area contributed by atoms with Crippen LogP contribution < -0.4 is 14.4 Å². The first-order chi connectivity index (χ1) is 19.3. The van der Waals surface area contributed by atoms with E-state index >= 15 is 0 Å². The number of fused-ring (bicyclic) bond motifs is 2. The molecule has 0 saturated heterocycles. The molecule has 0 spiro atoms. The molecule has 0 amide bonds. The fraction of sp³-hybridized carbons (Fsp3) is 0.308. The lowest BCUT2D eigenvalue weighted by Crippen LogP contribution is -2.36. The highest BCUT2D eigenvalue weighted by atomic mass is 35.5. The number of aryl methyl sites for hydroxylation is 1. The highest BCUT2D eigenvalue weighted by Gasteiger charge is 2.31. The van der Waals surface area contributed by atoms with E-state index in [-0.39, 0.29) is 30.7 Å². The average Bonchev–Trinajstić information content (AvgIpc) is 3.36. The zero-order chi connectivity index (χ0) is 29.9. The molecule has 2 aromatic carbocycles. The summed E-state index contributed by atoms with van der Waals surface area (Å²) in [4.78, 5) is 3.88. The maximum absolute atomic E-state index is 11.4. The minimum atomic E-state index is -4.15. The van der Waals surface area contributed by atoms with Crippen LogP contribution in [0.5, 0.6) is 0 Å². The third-order valence-electron chi connectivity index (χ3n) is 6.38. The molecule has 2 heterocycles. The third kappa shape index (κ3) is 7.58. The molecule has 218 valence electrons. The van der Waals surface area contributed by atoms with Gasteiger partial charge in [-0.05, 0) is 43.7 Å². The van der Waals surface area contributed by atoms with Gasteiger partial charge < -0.3 is 9.80 Å². The van der Waals surface area contributed by atoms with Crippen molar-refractivity contribution in [3.8, 4) is 6.07 Å². The van der Waals surface area contributed by atoms with Gasteiger partial charge in [-0.15, -0.1) is 0 Å². The van der Waals surface area contributed by atoms with E-state index < -0.39 is 26.0 Å². The summed E-state index contributed by atoms with van der Waals surface area (Å²) in [5, 5.41) is 11.2. The van der Waals surface area contributed by atoms with E-state index in [1.54, 1.807) is 24.3 Å². The van der Waals surface area contributed by atoms with E-state index in [1.807, 2.05) is 45.6 Å². The Morgan fingerprint density at radius 2 is 1.71 bits per heavy atom. The van der Waals surface area contributed by atoms with Gasteiger partial charge in [-0.2, -0.15) is 26.7 Å². The number of allylic oxidation sites excluding steroid dienone is 2. The fourth-order valence-electron chi connectivity index (χ4n) is 4.66. The summed E-state index contributed by atoms with van der Waals surface area (Å²) in [6.45, 7) is 3.10. The number of nitrogens with zero attached hydrogens (tertiary/aromatic N) is 4. The molecule has 0 unspecified atom stereocenters. The monoisotopic (exact) mass is 657 g/mol. The van der Waals surface area contributed by atoms with Crippen molar-refractivity contribution in [2.75, 3.05) is 34.4 Å². The maximum Gasteiger partial charge on any atom is 0.265 e. The van der Waals surface area contributed by atoms with Gasteiger partial charge >= 0.3 is 0 Å². The largest absolute Gasteiger partial charge is 0.326 e. The Morgan fingerprint density at radius 3 is 2.37 bits per heavy atom. The van der Waals surface area contributed by atoms with Crippen LogP contribution in [-0.2, 0) is 26.8 Å². The second kappa shape index (κ2) is 12.7. The van der Waals surface area contributed by atoms with Crippen LogP contribution in [0.4, 0.5) is 11.4 Å². The third-order valence-corrected chi connectivity index (χ3v) is 9.67. The zero-order valence-corrected chi connectivity index (χ0v) is 25.8. The smallest absolute Gasteiger partial charge is 0.265 e. The Bertz CT molecular complexity index is 1800. The van der Waals surface area contributed by atoms with Gasteiger partial charge in [0, 0.05) is 36.7 Å². The topological polar surface area (TPSA) is 143 Å². The number of halogens is 2. The van der Waals surface area contributed by atoms with Crippen LogP contribution in [0.2, 0.25) is 10.0 Å². The van der Waals surface area contributed by atoms with E-state index in [9.17, 15) is 31.2 Å². The molecule has 0 fully saturated rings. The minimum Gasteiger partial charge on any atom is -0.326 e. The molecule has 10 nitrogen and oxygen atoms in total. The van der Waals surface area contributed by atoms with E-state index in [2.05, 4.69) is 6.07 Å². The second-order valence-corrected chi connectivity index (χ2v) is 14.2. The normalized spacial score (nSPS) is 14.9. The predicted molar refractivity (Wildman–Crippen MR) is 163 cm³/mol. The highest BCUT2D eigenvalue weighted by Crippen LogP contribution is 2.44. The number of benzene rings is 2. The van der Waals surface area contributed by atoms with Crippen LogP contribution in [-0.4, -0.2) is 50.5 Å². The Morgan fingerprint density at radius 1 is 1.02 bits per heavy atom. The number of thiazole rings is 1. The molecule has 15 heteroatoms. The summed E-state index contributed by atoms with van der Waals surface area (Å²) in [7, 11) is -8.25. The summed E-state index contributed by atoms with van der Waals surface area (Å²) in [5.74, 6) is -0.0660. The summed E-state index contributed by atoms with van der Waals surface area (Å²) in [6, 6.07) is 10.9. The SMILES string of the molecule is CCN1C(=CC=Cc2sc3ccc(Cl)cc3[n+]2CCCS(=O)(=O)O)N(CCCS(=O)(=O)O)c2cc(C#N)c(Cl)cc21. The van der Waals surface area contributed by atoms with Crippen molar-refractivity contribution in [1.82, 2.24) is 0 Å². The van der Waals surface area contributed by atoms with E-state index in [1.165, 1.54) is 11.3 Å². The van der Waals surface area contributed by atoms with Crippen LogP contribution >= 0.6 is 34.5 Å². The van der Waals surface area contributed by atoms with Crippen LogP contribution in [0.3, 0.4) is 0 Å². The van der Waals surface area contributed by atoms with Gasteiger partial charge in [0.25, 0.3) is 25.2 Å². The van der Waals surface area contributed by atoms with Crippen molar-refractivity contribution in [2.24, 2.45) is 0 Å². The van der Waals surface area contributed by atoms with E-state index in [0.717, 1.165) is 26.7 Å². The Balaban J connectivity index is 1.73. The number of anilines is 2. The average molecular weight is 659 g/mol. The van der Waals surface area contributed by atoms with E-state index in [0.29, 0.717) is 28.8 Å². The van der Waals surface area contributed by atoms with Gasteiger partial charge in [0.2, 0.25) is 5.52 Å². The number of hydrogen-bond acceptors (Lipinski definition) is 8. The van der Waals surface area contributed by atoms with Gasteiger partial charge in [0.15, 0.2) is 6.54 Å². The van der Waals surface area contributed by atoms with Crippen molar-refractivity contribution in [3.05, 3.63) is 68.9 Å². The quantitative estimate of drug-likeness (QED) is 0.212. The van der Waals surface area contributed by atoms with Gasteiger partial charge in [0.05, 0.1) is 33.5 Å². The fourth-order valence-corrected chi connectivity index (χ4v) is 7.10. The van der Waals surface area contributed by atoms with Gasteiger partial charge in [-0.25, -0.2) is 0 Å². The maximum atomic E-state index is 11.4. The molecule has 0 radical (unpaired) electrons. The van der Waals surface area contributed by atoms with Crippen LogP contribution in [0, 0.1) is 11.3 Å². The molecule has 41 heavy (non-hydrogen) atoms. The Kier molecular flexibility index (Phi) is 9.65. The zero-order valence-electron chi connectivity index (χ0n) is 21.9. The first kappa shape index (κ1) is 31.2. The first-order valence-electron chi connectivity index (χ1n) is 12.5. The highest BCUT2D eigenvalue weighted by molar-refractivity contribution is 7.86. The first-order valence-corrected chi connectivity index (χ1v) is 17.3. The summed E-state index contributed by atoms with van der Waals surface area (Å²) in [5.41, 5.74) is 2.58. The van der Waals surface area contributed by atoms with Gasteiger partial charge in [-0.1, -0.05) is 40.6 Å². The summed E-state index contributed by atoms with van der Waals surface area (Å²) in [6.07, 6.45) is 5.91. The van der Waals surface area contributed by atoms with Gasteiger partial charge in [-0.3, -0.25) is 9.11 Å². The van der Waals surface area contributed by atoms with Crippen LogP contribution in [0.25, 0.3) is 16.3 Å². The molecule has 3 aromatic rings. The molecule has 1 aromatic heterocycles. The Hall–Kier alpha value is -2.70. The van der Waals surface area contributed by atoms with Crippen molar-refractivity contribution in [3.63, 3.8) is 0 Å². The number of rotatable bonds is 11. The molecular formula is C26H27Cl2N4O6S3+. The summed E-state index contributed by atoms with van der Waals surface area (Å²) >= 11 is 14.1. The lowest BCUT2D eigenvalue weighted by atomic mass is 10.1. The van der Waals surface area contributed by atoms with Crippen LogP contribution in [0.15, 0.2) is 48.3 Å². The second-order valence-electron chi connectivity index (χ2n) is 9.20. The van der Waals surface area contributed by atoms with E-state index in [4.69, 9.17) is 23.2 Å². The molecule has 4 rings (SSSR count). The summed E-state index contributed by atoms with van der Waals surface area (Å²) < 4.78 is 66.6. The molecule has 1 aliphatic heterocycles. The van der Waals surface area contributed by atoms with Crippen molar-refractivity contribution in [1.29, 1.82) is 5.26 Å². The van der Waals surface area contributed by atoms with Crippen molar-refractivity contribution >= 4 is 82.4 Å². The number of hydrogen-bond donors (Lipinski definition) is 2. The minimum absolute atomic E-state index is 0.145. The lowest BCUT2D eigenvalue weighted by molar-refractivity contribution is -0.668. The number of aromatic nitrogens is 1. The van der Waals surface area contributed by atoms with Gasteiger partial charge in [0.1, 0.15) is 16.6 Å². The molecule has 0 aliphatic carbocycles. The molecule has 2 N–H and O–H groups in total. The van der Waals surface area contributed by atoms with Crippen molar-refractivity contribution < 1.29 is 30.5 Å². The number of nitriles is 1. The molecule has 0 bridgehead atoms. The Labute approximate surface area is 252 Å².